The summed E-state index contributed by atoms with van der Waals surface area (Å²) in [6.07, 6.45) is 4.24. The van der Waals surface area contributed by atoms with Gasteiger partial charge in [-0.3, -0.25) is 0 Å². The molecule has 5 heteroatoms. The molecule has 1 aromatic heterocycles. The molecule has 0 radical (unpaired) electrons. The van der Waals surface area contributed by atoms with E-state index in [0.717, 1.165) is 70.7 Å². The number of para-hydroxylation sites is 1. The number of pyridine rings is 1. The zero-order valence-corrected chi connectivity index (χ0v) is 32.9. The lowest BCUT2D eigenvalue weighted by Gasteiger charge is -2.16. The Labute approximate surface area is 328 Å². The topological polar surface area (TPSA) is 27.1 Å². The van der Waals surface area contributed by atoms with Crippen LogP contribution in [0.4, 0.5) is 5.69 Å². The quantitative estimate of drug-likeness (QED) is 0.159. The molecule has 2 heterocycles. The van der Waals surface area contributed by atoms with Crippen LogP contribution in [-0.2, 0) is 5.41 Å². The number of aromatic hydroxyl groups is 1. The second-order valence-electron chi connectivity index (χ2n) is 13.9. The molecule has 258 valence electrons. The second-order valence-corrected chi connectivity index (χ2v) is 15.8. The van der Waals surface area contributed by atoms with Crippen molar-refractivity contribution in [3.63, 3.8) is 0 Å². The molecular weight excluding hydrogens is 780 g/mol. The van der Waals surface area contributed by atoms with Gasteiger partial charge in [0, 0.05) is 73.2 Å². The van der Waals surface area contributed by atoms with Crippen molar-refractivity contribution in [3.05, 3.63) is 184 Å². The van der Waals surface area contributed by atoms with E-state index in [1.165, 1.54) is 11.3 Å². The molecule has 7 aromatic rings. The number of phenolic OH excluding ortho intramolecular Hbond substituents is 1. The maximum atomic E-state index is 12.1. The Morgan fingerprint density at radius 3 is 1.64 bits per heavy atom. The molecule has 0 spiro atoms. The largest absolute Gasteiger partial charge is 0.507 e. The van der Waals surface area contributed by atoms with Crippen molar-refractivity contribution in [2.75, 3.05) is 7.05 Å². The molecule has 1 N–H and O–H groups in total. The third kappa shape index (κ3) is 6.60. The Kier molecular flexibility index (Phi) is 9.32. The van der Waals surface area contributed by atoms with Gasteiger partial charge in [-0.05, 0) is 85.1 Å². The molecule has 0 fully saturated rings. The van der Waals surface area contributed by atoms with Crippen LogP contribution in [0.3, 0.4) is 0 Å². The summed E-state index contributed by atoms with van der Waals surface area (Å²) < 4.78 is 6.63. The highest BCUT2D eigenvalue weighted by Crippen LogP contribution is 2.41. The van der Waals surface area contributed by atoms with Gasteiger partial charge in [0.1, 0.15) is 12.8 Å². The van der Waals surface area contributed by atoms with E-state index < -0.39 is 0 Å². The Hall–Kier alpha value is -5.36. The third-order valence-electron chi connectivity index (χ3n) is 10.3. The summed E-state index contributed by atoms with van der Waals surface area (Å²) in [7, 11) is 2.12. The van der Waals surface area contributed by atoms with Gasteiger partial charge in [-0.15, -0.1) is 0 Å². The van der Waals surface area contributed by atoms with Gasteiger partial charge in [0.05, 0.1) is 5.41 Å². The molecule has 0 saturated carbocycles. The zero-order chi connectivity index (χ0) is 36.7. The molecule has 3 nitrogen and oxygen atoms in total. The first-order valence-corrected chi connectivity index (χ1v) is 19.3. The van der Waals surface area contributed by atoms with Gasteiger partial charge in [-0.1, -0.05) is 111 Å². The molecule has 0 aliphatic carbocycles. The molecule has 0 atom stereocenters. The summed E-state index contributed by atoms with van der Waals surface area (Å²) in [4.78, 5) is 0. The van der Waals surface area contributed by atoms with E-state index in [4.69, 9.17) is 0 Å². The molecule has 0 amide bonds. The maximum absolute atomic E-state index is 12.1. The standard InChI is InChI=1S/C48H37Br2N2O/c1-48(2)42-16-10-11-17-43(42)51(3)46(48)27-22-36-28-40(31-41(47(36)53)33-14-8-5-9-15-33)52-44(34-18-23-38(49)24-19-34)29-37(32-12-6-4-7-13-32)30-45(52)35-20-25-39(50)26-21-35/h4-31H,1-3H3/q+1/p+1. The number of aromatic nitrogens is 1. The maximum Gasteiger partial charge on any atom is 0.219 e. The predicted molar refractivity (Wildman–Crippen MR) is 226 cm³/mol. The lowest BCUT2D eigenvalue weighted by molar-refractivity contribution is -0.572. The number of fused-ring (bicyclic) bond motifs is 1. The van der Waals surface area contributed by atoms with E-state index in [0.29, 0.717) is 0 Å². The molecule has 0 unspecified atom stereocenters. The van der Waals surface area contributed by atoms with E-state index >= 15 is 0 Å². The average Bonchev–Trinajstić information content (AvgIpc) is 3.38. The number of hydrogen-bond acceptors (Lipinski definition) is 1. The minimum atomic E-state index is -0.205. The van der Waals surface area contributed by atoms with Crippen molar-refractivity contribution < 1.29 is 14.2 Å². The lowest BCUT2D eigenvalue weighted by Crippen LogP contribution is -2.36. The lowest BCUT2D eigenvalue weighted by atomic mass is 9.81. The number of allylic oxidation sites excluding steroid dienone is 1. The number of phenols is 1. The average molecular weight is 819 g/mol. The predicted octanol–water partition coefficient (Wildman–Crippen LogP) is 12.6. The van der Waals surface area contributed by atoms with Crippen molar-refractivity contribution in [1.29, 1.82) is 0 Å². The van der Waals surface area contributed by atoms with Gasteiger partial charge < -0.3 is 5.11 Å². The van der Waals surface area contributed by atoms with E-state index in [1.54, 1.807) is 0 Å². The SMILES string of the molecule is C[N+]1=C(/C=C\c2cc(-[n+]3c(-c4ccc(Br)cc4)cc(-c4ccccc4)cc3-c3ccc(Br)cc3)cc(-c3ccccc3)c2O)C(C)(C)c2ccccc21. The van der Waals surface area contributed by atoms with Gasteiger partial charge in [0.15, 0.2) is 5.71 Å². The Morgan fingerprint density at radius 2 is 1.08 bits per heavy atom. The van der Waals surface area contributed by atoms with Crippen LogP contribution in [0.2, 0.25) is 0 Å². The first-order chi connectivity index (χ1) is 25.7. The van der Waals surface area contributed by atoms with Crippen LogP contribution >= 0.6 is 31.9 Å². The number of halogens is 2. The van der Waals surface area contributed by atoms with Crippen LogP contribution in [0.1, 0.15) is 25.0 Å². The van der Waals surface area contributed by atoms with Crippen LogP contribution in [0.15, 0.2) is 173 Å². The van der Waals surface area contributed by atoms with E-state index in [9.17, 15) is 5.11 Å². The number of nitrogens with zero attached hydrogens (tertiary/aromatic N) is 2. The van der Waals surface area contributed by atoms with Gasteiger partial charge in [0.2, 0.25) is 22.8 Å². The molecule has 1 aliphatic heterocycles. The first-order valence-electron chi connectivity index (χ1n) is 17.7. The van der Waals surface area contributed by atoms with Crippen molar-refractivity contribution >= 4 is 49.3 Å². The molecule has 0 bridgehead atoms. The van der Waals surface area contributed by atoms with Crippen LogP contribution in [0.5, 0.6) is 5.75 Å². The van der Waals surface area contributed by atoms with E-state index in [1.807, 2.05) is 18.2 Å². The summed E-state index contributed by atoms with van der Waals surface area (Å²) in [5, 5.41) is 12.1. The first kappa shape index (κ1) is 34.7. The van der Waals surface area contributed by atoms with Crippen molar-refractivity contribution in [2.45, 2.75) is 19.3 Å². The minimum Gasteiger partial charge on any atom is -0.507 e. The van der Waals surface area contributed by atoms with E-state index in [2.05, 4.69) is 214 Å². The fraction of sp³-hybridized carbons (Fsp3) is 0.0833. The van der Waals surface area contributed by atoms with Gasteiger partial charge in [-0.25, -0.2) is 0 Å². The second kappa shape index (κ2) is 14.2. The number of rotatable bonds is 7. The van der Waals surface area contributed by atoms with Crippen molar-refractivity contribution in [1.82, 2.24) is 0 Å². The monoisotopic (exact) mass is 816 g/mol. The zero-order valence-electron chi connectivity index (χ0n) is 29.8. The molecule has 6 aromatic carbocycles. The number of benzene rings is 6. The third-order valence-corrected chi connectivity index (χ3v) is 11.3. The van der Waals surface area contributed by atoms with Crippen molar-refractivity contribution in [2.24, 2.45) is 0 Å². The minimum absolute atomic E-state index is 0.205. The summed E-state index contributed by atoms with van der Waals surface area (Å²) in [6, 6.07) is 55.0. The normalized spacial score (nSPS) is 13.5. The van der Waals surface area contributed by atoms with Gasteiger partial charge in [-0.2, -0.15) is 9.14 Å². The molecule has 53 heavy (non-hydrogen) atoms. The van der Waals surface area contributed by atoms with Gasteiger partial charge in [0.25, 0.3) is 0 Å². The smallest absolute Gasteiger partial charge is 0.219 e. The van der Waals surface area contributed by atoms with Crippen LogP contribution in [0.25, 0.3) is 56.5 Å². The van der Waals surface area contributed by atoms with E-state index in [-0.39, 0.29) is 11.2 Å². The van der Waals surface area contributed by atoms with Crippen LogP contribution < -0.4 is 4.57 Å². The van der Waals surface area contributed by atoms with Gasteiger partial charge >= 0.3 is 0 Å². The fourth-order valence-corrected chi connectivity index (χ4v) is 8.07. The van der Waals surface area contributed by atoms with Crippen molar-refractivity contribution in [3.8, 4) is 56.2 Å². The highest BCUT2D eigenvalue weighted by Gasteiger charge is 2.42. The molecular formula is C48H38Br2N2O+2. The number of hydrogen-bond donors (Lipinski definition) is 1. The molecule has 8 rings (SSSR count). The Morgan fingerprint density at radius 1 is 0.547 bits per heavy atom. The summed E-state index contributed by atoms with van der Waals surface area (Å²) in [5.41, 5.74) is 13.3. The summed E-state index contributed by atoms with van der Waals surface area (Å²) >= 11 is 7.32. The highest BCUT2D eigenvalue weighted by atomic mass is 79.9. The summed E-state index contributed by atoms with van der Waals surface area (Å²) in [6.45, 7) is 4.53. The van der Waals surface area contributed by atoms with Crippen LogP contribution in [-0.4, -0.2) is 22.4 Å². The Balaban J connectivity index is 1.42. The Bertz CT molecular complexity index is 2470. The summed E-state index contributed by atoms with van der Waals surface area (Å²) in [5.74, 6) is 0.240. The highest BCUT2D eigenvalue weighted by molar-refractivity contribution is 9.10. The molecule has 1 aliphatic rings. The van der Waals surface area contributed by atoms with Crippen LogP contribution in [0, 0.1) is 0 Å². The molecule has 0 saturated heterocycles. The fourth-order valence-electron chi connectivity index (χ4n) is 7.54.